The average Bonchev–Trinajstić information content (AvgIpc) is 2.58. The fourth-order valence-electron chi connectivity index (χ4n) is 2.88. The predicted octanol–water partition coefficient (Wildman–Crippen LogP) is 4.87. The number of hydrogen-bond donors (Lipinski definition) is 0. The molecule has 28 heavy (non-hydrogen) atoms. The van der Waals surface area contributed by atoms with Crippen LogP contribution in [0.2, 0.25) is 0 Å². The molecular formula is C21H22F3NO3. The molecule has 0 N–H and O–H groups in total. The second-order valence-electron chi connectivity index (χ2n) is 6.95. The largest absolute Gasteiger partial charge is 0.458 e. The van der Waals surface area contributed by atoms with Crippen LogP contribution in [0.15, 0.2) is 42.5 Å². The van der Waals surface area contributed by atoms with Crippen molar-refractivity contribution >= 4 is 17.6 Å². The smallest absolute Gasteiger partial charge is 0.326 e. The summed E-state index contributed by atoms with van der Waals surface area (Å²) in [5, 5.41) is 0. The van der Waals surface area contributed by atoms with E-state index >= 15 is 0 Å². The molecule has 0 saturated heterocycles. The molecule has 0 heterocycles. The van der Waals surface area contributed by atoms with E-state index in [1.165, 1.54) is 12.1 Å². The van der Waals surface area contributed by atoms with Crippen molar-refractivity contribution in [2.45, 2.75) is 39.2 Å². The lowest BCUT2D eigenvalue weighted by atomic mass is 10.0. The number of rotatable bonds is 7. The molecule has 0 radical (unpaired) electrons. The summed E-state index contributed by atoms with van der Waals surface area (Å²) in [4.78, 5) is 26.1. The Labute approximate surface area is 161 Å². The molecule has 150 valence electrons. The number of esters is 1. The Kier molecular flexibility index (Phi) is 6.83. The summed E-state index contributed by atoms with van der Waals surface area (Å²) in [6.45, 7) is 4.75. The Balaban J connectivity index is 2.38. The molecule has 2 aromatic rings. The van der Waals surface area contributed by atoms with Gasteiger partial charge in [-0.2, -0.15) is 0 Å². The maximum Gasteiger partial charge on any atom is 0.326 e. The van der Waals surface area contributed by atoms with Gasteiger partial charge in [0.25, 0.3) is 5.91 Å². The molecule has 0 aliphatic carbocycles. The Morgan fingerprint density at radius 3 is 2.21 bits per heavy atom. The van der Waals surface area contributed by atoms with E-state index in [0.29, 0.717) is 6.42 Å². The second kappa shape index (κ2) is 8.91. The zero-order valence-corrected chi connectivity index (χ0v) is 16.0. The Hall–Kier alpha value is -2.83. The molecule has 0 atom stereocenters. The Morgan fingerprint density at radius 1 is 1.04 bits per heavy atom. The fraction of sp³-hybridized carbons (Fsp3) is 0.333. The van der Waals surface area contributed by atoms with E-state index in [1.54, 1.807) is 13.8 Å². The van der Waals surface area contributed by atoms with Gasteiger partial charge in [-0.25, -0.2) is 13.2 Å². The van der Waals surface area contributed by atoms with Gasteiger partial charge in [0.1, 0.15) is 35.2 Å². The van der Waals surface area contributed by atoms with E-state index in [4.69, 9.17) is 4.74 Å². The van der Waals surface area contributed by atoms with Crippen molar-refractivity contribution in [3.05, 3.63) is 65.5 Å². The van der Waals surface area contributed by atoms with Gasteiger partial charge in [0, 0.05) is 5.69 Å². The van der Waals surface area contributed by atoms with E-state index < -0.39 is 47.0 Å². The molecule has 0 aromatic heterocycles. The van der Waals surface area contributed by atoms with Crippen molar-refractivity contribution in [3.63, 3.8) is 0 Å². The van der Waals surface area contributed by atoms with Crippen molar-refractivity contribution in [2.75, 3.05) is 11.4 Å². The summed E-state index contributed by atoms with van der Waals surface area (Å²) in [6.07, 6.45) is 1.36. The topological polar surface area (TPSA) is 46.6 Å². The molecule has 2 rings (SSSR count). The van der Waals surface area contributed by atoms with Crippen molar-refractivity contribution in [1.29, 1.82) is 0 Å². The average molecular weight is 393 g/mol. The van der Waals surface area contributed by atoms with Gasteiger partial charge in [0.2, 0.25) is 0 Å². The third-order valence-electron chi connectivity index (χ3n) is 4.07. The summed E-state index contributed by atoms with van der Waals surface area (Å²) in [6, 6.07) is 7.83. The predicted molar refractivity (Wildman–Crippen MR) is 99.5 cm³/mol. The van der Waals surface area contributed by atoms with Crippen molar-refractivity contribution in [1.82, 2.24) is 0 Å². The van der Waals surface area contributed by atoms with E-state index in [-0.39, 0.29) is 5.69 Å². The van der Waals surface area contributed by atoms with Crippen LogP contribution >= 0.6 is 0 Å². The maximum absolute atomic E-state index is 14.1. The summed E-state index contributed by atoms with van der Waals surface area (Å²) in [7, 11) is 0. The first-order chi connectivity index (χ1) is 13.1. The van der Waals surface area contributed by atoms with Crippen LogP contribution in [0.3, 0.4) is 0 Å². The molecule has 2 aromatic carbocycles. The first-order valence-corrected chi connectivity index (χ1v) is 8.88. The van der Waals surface area contributed by atoms with Crippen LogP contribution in [0, 0.1) is 17.5 Å². The van der Waals surface area contributed by atoms with Crippen LogP contribution in [0.4, 0.5) is 18.9 Å². The quantitative estimate of drug-likeness (QED) is 0.631. The molecule has 0 bridgehead atoms. The molecule has 0 saturated carbocycles. The van der Waals surface area contributed by atoms with Gasteiger partial charge in [-0.15, -0.1) is 0 Å². The normalized spacial score (nSPS) is 11.2. The summed E-state index contributed by atoms with van der Waals surface area (Å²) in [5.74, 6) is -4.69. The van der Waals surface area contributed by atoms with Crippen LogP contribution in [-0.4, -0.2) is 24.0 Å². The molecule has 0 aliphatic rings. The lowest BCUT2D eigenvalue weighted by Crippen LogP contribution is -2.40. The van der Waals surface area contributed by atoms with Crippen LogP contribution in [0.1, 0.15) is 44.0 Å². The molecular weight excluding hydrogens is 371 g/mol. The molecule has 0 unspecified atom stereocenters. The lowest BCUT2D eigenvalue weighted by molar-refractivity contribution is -0.155. The minimum absolute atomic E-state index is 0.0158. The number of anilines is 1. The Bertz CT molecular complexity index is 847. The summed E-state index contributed by atoms with van der Waals surface area (Å²) < 4.78 is 47.2. The van der Waals surface area contributed by atoms with Crippen molar-refractivity contribution in [2.24, 2.45) is 0 Å². The van der Waals surface area contributed by atoms with E-state index in [2.05, 4.69) is 0 Å². The second-order valence-corrected chi connectivity index (χ2v) is 6.95. The third-order valence-corrected chi connectivity index (χ3v) is 4.07. The number of nitrogens with zero attached hydrogens (tertiary/aromatic N) is 1. The van der Waals surface area contributed by atoms with E-state index in [9.17, 15) is 22.8 Å². The third kappa shape index (κ3) is 5.34. The molecule has 7 heteroatoms. The van der Waals surface area contributed by atoms with Gasteiger partial charge in [-0.1, -0.05) is 25.5 Å². The highest BCUT2D eigenvalue weighted by Crippen LogP contribution is 2.23. The lowest BCUT2D eigenvalue weighted by Gasteiger charge is -2.28. The Morgan fingerprint density at radius 2 is 1.64 bits per heavy atom. The van der Waals surface area contributed by atoms with Crippen LogP contribution in [0.25, 0.3) is 0 Å². The van der Waals surface area contributed by atoms with Crippen LogP contribution in [0.5, 0.6) is 0 Å². The first-order valence-electron chi connectivity index (χ1n) is 8.88. The number of carbonyl (C=O) groups excluding carboxylic acids is 2. The van der Waals surface area contributed by atoms with Gasteiger partial charge < -0.3 is 4.74 Å². The van der Waals surface area contributed by atoms with Gasteiger partial charge in [0.15, 0.2) is 0 Å². The number of amides is 1. The van der Waals surface area contributed by atoms with Crippen LogP contribution in [-0.2, 0) is 9.53 Å². The number of hydrogen-bond acceptors (Lipinski definition) is 3. The van der Waals surface area contributed by atoms with E-state index in [1.807, 2.05) is 6.92 Å². The monoisotopic (exact) mass is 393 g/mol. The number of ether oxygens (including phenoxy) is 1. The minimum Gasteiger partial charge on any atom is -0.458 e. The van der Waals surface area contributed by atoms with Crippen LogP contribution < -0.4 is 4.90 Å². The van der Waals surface area contributed by atoms with Gasteiger partial charge in [0.05, 0.1) is 0 Å². The number of halogens is 3. The first kappa shape index (κ1) is 21.5. The highest BCUT2D eigenvalue weighted by Gasteiger charge is 2.29. The molecule has 0 fully saturated rings. The van der Waals surface area contributed by atoms with E-state index in [0.717, 1.165) is 41.7 Å². The highest BCUT2D eigenvalue weighted by atomic mass is 19.1. The summed E-state index contributed by atoms with van der Waals surface area (Å²) in [5.41, 5.74) is -1.61. The van der Waals surface area contributed by atoms with Gasteiger partial charge in [-0.3, -0.25) is 14.5 Å². The fourth-order valence-corrected chi connectivity index (χ4v) is 2.88. The molecule has 0 aliphatic heterocycles. The van der Waals surface area contributed by atoms with Gasteiger partial charge in [-0.05, 0) is 50.6 Å². The summed E-state index contributed by atoms with van der Waals surface area (Å²) >= 11 is 0. The minimum atomic E-state index is -1.11. The SMILES string of the molecule is CCCC(C)(C)OC(=O)CN(C(=O)c1c(F)cccc1F)c1cccc(F)c1. The molecule has 0 spiro atoms. The zero-order chi connectivity index (χ0) is 20.9. The highest BCUT2D eigenvalue weighted by molar-refractivity contribution is 6.08. The number of carbonyl (C=O) groups is 2. The molecule has 1 amide bonds. The van der Waals surface area contributed by atoms with Gasteiger partial charge >= 0.3 is 5.97 Å². The van der Waals surface area contributed by atoms with Crippen molar-refractivity contribution in [3.8, 4) is 0 Å². The standard InChI is InChI=1S/C21H22F3NO3/c1-4-11-21(2,3)28-18(26)13-25(15-8-5-7-14(22)12-15)20(27)19-16(23)9-6-10-17(19)24/h5-10,12H,4,11,13H2,1-3H3. The number of benzene rings is 2. The maximum atomic E-state index is 14.1. The van der Waals surface area contributed by atoms with Crippen molar-refractivity contribution < 1.29 is 27.5 Å². The molecule has 4 nitrogen and oxygen atoms in total. The zero-order valence-electron chi connectivity index (χ0n) is 16.0.